The molecule has 0 saturated carbocycles. The van der Waals surface area contributed by atoms with Crippen LogP contribution in [0.1, 0.15) is 43.9 Å². The number of anilines is 1. The van der Waals surface area contributed by atoms with Crippen LogP contribution in [-0.4, -0.2) is 18.6 Å². The highest BCUT2D eigenvalue weighted by atomic mass is 15.2. The maximum atomic E-state index is 5.75. The fourth-order valence-corrected chi connectivity index (χ4v) is 1.79. The second-order valence-electron chi connectivity index (χ2n) is 4.97. The Balaban J connectivity index is 2.85. The van der Waals surface area contributed by atoms with E-state index < -0.39 is 0 Å². The van der Waals surface area contributed by atoms with Gasteiger partial charge in [-0.2, -0.15) is 0 Å². The number of hydrogen-bond acceptors (Lipinski definition) is 3. The number of rotatable bonds is 7. The summed E-state index contributed by atoms with van der Waals surface area (Å²) in [5, 5.41) is 0. The molecular formula is C15H25N3. The summed E-state index contributed by atoms with van der Waals surface area (Å²) in [5.41, 5.74) is 8.02. The Bertz CT molecular complexity index is 385. The molecule has 0 spiro atoms. The molecule has 1 heterocycles. The van der Waals surface area contributed by atoms with Gasteiger partial charge >= 0.3 is 0 Å². The fraction of sp³-hybridized carbons (Fsp3) is 0.533. The van der Waals surface area contributed by atoms with E-state index in [4.69, 9.17) is 10.7 Å². The summed E-state index contributed by atoms with van der Waals surface area (Å²) < 4.78 is 0. The van der Waals surface area contributed by atoms with Crippen molar-refractivity contribution in [3.63, 3.8) is 0 Å². The van der Waals surface area contributed by atoms with Crippen LogP contribution in [0.2, 0.25) is 0 Å². The summed E-state index contributed by atoms with van der Waals surface area (Å²) in [7, 11) is 2.08. The molecule has 0 bridgehead atoms. The first-order chi connectivity index (χ1) is 8.58. The van der Waals surface area contributed by atoms with E-state index in [-0.39, 0.29) is 0 Å². The van der Waals surface area contributed by atoms with E-state index in [1.807, 2.05) is 6.08 Å². The third-order valence-electron chi connectivity index (χ3n) is 3.01. The molecule has 1 rings (SSSR count). The topological polar surface area (TPSA) is 42.1 Å². The predicted octanol–water partition coefficient (Wildman–Crippen LogP) is 3.07. The SMILES string of the molecule is C=CCCCN(C)c1cc(CN)cc(C(C)C)n1. The standard InChI is InChI=1S/C15H25N3/c1-5-6-7-8-18(4)15-10-13(11-16)9-14(17-15)12(2)3/h5,9-10,12H,1,6-8,11,16H2,2-4H3. The van der Waals surface area contributed by atoms with Gasteiger partial charge in [0.15, 0.2) is 0 Å². The van der Waals surface area contributed by atoms with Crippen molar-refractivity contribution in [2.45, 2.75) is 39.2 Å². The van der Waals surface area contributed by atoms with Crippen molar-refractivity contribution in [1.29, 1.82) is 0 Å². The van der Waals surface area contributed by atoms with Crippen LogP contribution < -0.4 is 10.6 Å². The van der Waals surface area contributed by atoms with Crippen LogP contribution in [0.25, 0.3) is 0 Å². The number of allylic oxidation sites excluding steroid dienone is 1. The van der Waals surface area contributed by atoms with Crippen molar-refractivity contribution in [2.75, 3.05) is 18.5 Å². The van der Waals surface area contributed by atoms with E-state index >= 15 is 0 Å². The molecule has 2 N–H and O–H groups in total. The summed E-state index contributed by atoms with van der Waals surface area (Å²) in [6.45, 7) is 9.61. The number of unbranched alkanes of at least 4 members (excludes halogenated alkanes) is 1. The lowest BCUT2D eigenvalue weighted by molar-refractivity contribution is 0.770. The molecule has 0 fully saturated rings. The maximum Gasteiger partial charge on any atom is 0.128 e. The van der Waals surface area contributed by atoms with E-state index in [0.29, 0.717) is 12.5 Å². The molecule has 1 aromatic rings. The van der Waals surface area contributed by atoms with Gasteiger partial charge in [0.1, 0.15) is 5.82 Å². The third-order valence-corrected chi connectivity index (χ3v) is 3.01. The van der Waals surface area contributed by atoms with E-state index in [0.717, 1.165) is 36.5 Å². The fourth-order valence-electron chi connectivity index (χ4n) is 1.79. The average molecular weight is 247 g/mol. The first-order valence-corrected chi connectivity index (χ1v) is 6.61. The van der Waals surface area contributed by atoms with Gasteiger partial charge < -0.3 is 10.6 Å². The van der Waals surface area contributed by atoms with E-state index in [9.17, 15) is 0 Å². The summed E-state index contributed by atoms with van der Waals surface area (Å²) in [6, 6.07) is 4.19. The van der Waals surface area contributed by atoms with Crippen LogP contribution in [0.5, 0.6) is 0 Å². The summed E-state index contributed by atoms with van der Waals surface area (Å²) in [6.07, 6.45) is 4.10. The maximum absolute atomic E-state index is 5.75. The van der Waals surface area contributed by atoms with Crippen molar-refractivity contribution < 1.29 is 0 Å². The van der Waals surface area contributed by atoms with Crippen molar-refractivity contribution in [2.24, 2.45) is 5.73 Å². The highest BCUT2D eigenvalue weighted by Gasteiger charge is 2.08. The molecule has 3 nitrogen and oxygen atoms in total. The molecule has 0 aliphatic heterocycles. The summed E-state index contributed by atoms with van der Waals surface area (Å²) >= 11 is 0. The van der Waals surface area contributed by atoms with Crippen LogP contribution in [0, 0.1) is 0 Å². The van der Waals surface area contributed by atoms with Gasteiger partial charge in [0.25, 0.3) is 0 Å². The van der Waals surface area contributed by atoms with Gasteiger partial charge in [0.2, 0.25) is 0 Å². The molecule has 0 aliphatic carbocycles. The number of nitrogens with two attached hydrogens (primary N) is 1. The Morgan fingerprint density at radius 2 is 2.17 bits per heavy atom. The summed E-state index contributed by atoms with van der Waals surface area (Å²) in [4.78, 5) is 6.89. The lowest BCUT2D eigenvalue weighted by Crippen LogP contribution is -2.20. The van der Waals surface area contributed by atoms with Gasteiger partial charge in [0.05, 0.1) is 0 Å². The molecule has 18 heavy (non-hydrogen) atoms. The minimum Gasteiger partial charge on any atom is -0.360 e. The van der Waals surface area contributed by atoms with Gasteiger partial charge in [-0.25, -0.2) is 4.98 Å². The molecular weight excluding hydrogens is 222 g/mol. The molecule has 0 atom stereocenters. The molecule has 0 saturated heterocycles. The van der Waals surface area contributed by atoms with Crippen molar-refractivity contribution in [3.05, 3.63) is 36.0 Å². The Hall–Kier alpha value is -1.35. The van der Waals surface area contributed by atoms with E-state index in [2.05, 4.69) is 44.5 Å². The Morgan fingerprint density at radius 1 is 1.44 bits per heavy atom. The average Bonchev–Trinajstić information content (AvgIpc) is 2.38. The number of pyridine rings is 1. The van der Waals surface area contributed by atoms with Gasteiger partial charge in [-0.1, -0.05) is 19.9 Å². The van der Waals surface area contributed by atoms with Gasteiger partial charge in [0, 0.05) is 25.8 Å². The number of nitrogens with zero attached hydrogens (tertiary/aromatic N) is 2. The minimum atomic E-state index is 0.428. The van der Waals surface area contributed by atoms with Gasteiger partial charge in [-0.15, -0.1) is 6.58 Å². The highest BCUT2D eigenvalue weighted by Crippen LogP contribution is 2.19. The molecule has 0 unspecified atom stereocenters. The largest absolute Gasteiger partial charge is 0.360 e. The van der Waals surface area contributed by atoms with Crippen LogP contribution >= 0.6 is 0 Å². The Labute approximate surface area is 111 Å². The Morgan fingerprint density at radius 3 is 2.72 bits per heavy atom. The second-order valence-corrected chi connectivity index (χ2v) is 4.97. The van der Waals surface area contributed by atoms with Crippen LogP contribution in [0.15, 0.2) is 24.8 Å². The first kappa shape index (κ1) is 14.7. The van der Waals surface area contributed by atoms with Crippen molar-refractivity contribution in [1.82, 2.24) is 4.98 Å². The molecule has 0 aromatic carbocycles. The molecule has 100 valence electrons. The normalized spacial score (nSPS) is 10.7. The molecule has 0 aliphatic rings. The molecule has 0 radical (unpaired) electrons. The molecule has 0 amide bonds. The van der Waals surface area contributed by atoms with E-state index in [1.54, 1.807) is 0 Å². The third kappa shape index (κ3) is 4.15. The lowest BCUT2D eigenvalue weighted by atomic mass is 10.1. The van der Waals surface area contributed by atoms with Gasteiger partial charge in [-0.3, -0.25) is 0 Å². The quantitative estimate of drug-likeness (QED) is 0.595. The zero-order valence-corrected chi connectivity index (χ0v) is 11.8. The van der Waals surface area contributed by atoms with Crippen molar-refractivity contribution >= 4 is 5.82 Å². The Kier molecular flexibility index (Phi) is 5.86. The van der Waals surface area contributed by atoms with Crippen LogP contribution in [0.3, 0.4) is 0 Å². The number of aromatic nitrogens is 1. The second kappa shape index (κ2) is 7.17. The monoisotopic (exact) mass is 247 g/mol. The zero-order chi connectivity index (χ0) is 13.5. The summed E-state index contributed by atoms with van der Waals surface area (Å²) in [5.74, 6) is 1.45. The van der Waals surface area contributed by atoms with E-state index in [1.165, 1.54) is 0 Å². The van der Waals surface area contributed by atoms with Crippen LogP contribution in [0.4, 0.5) is 5.82 Å². The number of hydrogen-bond donors (Lipinski definition) is 1. The predicted molar refractivity (Wildman–Crippen MR) is 78.9 cm³/mol. The highest BCUT2D eigenvalue weighted by molar-refractivity contribution is 5.42. The van der Waals surface area contributed by atoms with Crippen molar-refractivity contribution in [3.8, 4) is 0 Å². The van der Waals surface area contributed by atoms with Gasteiger partial charge in [-0.05, 0) is 36.5 Å². The molecule has 3 heteroatoms. The smallest absolute Gasteiger partial charge is 0.128 e. The minimum absolute atomic E-state index is 0.428. The van der Waals surface area contributed by atoms with Crippen LogP contribution in [-0.2, 0) is 6.54 Å². The zero-order valence-electron chi connectivity index (χ0n) is 11.8. The molecule has 1 aromatic heterocycles. The first-order valence-electron chi connectivity index (χ1n) is 6.61. The lowest BCUT2D eigenvalue weighted by Gasteiger charge is -2.20.